The molecular weight excluding hydrogens is 408 g/mol. The van der Waals surface area contributed by atoms with E-state index in [0.29, 0.717) is 38.2 Å². The summed E-state index contributed by atoms with van der Waals surface area (Å²) in [5.41, 5.74) is 1.24. The molecule has 8 heteroatoms. The predicted octanol–water partition coefficient (Wildman–Crippen LogP) is 6.27. The summed E-state index contributed by atoms with van der Waals surface area (Å²) < 4.78 is 21.6. The van der Waals surface area contributed by atoms with Crippen molar-refractivity contribution in [2.45, 2.75) is 10.9 Å². The molecule has 136 valence electrons. The van der Waals surface area contributed by atoms with Crippen molar-refractivity contribution >= 4 is 35.0 Å². The monoisotopic (exact) mass is 419 g/mol. The van der Waals surface area contributed by atoms with Crippen molar-refractivity contribution in [3.8, 4) is 17.3 Å². The van der Waals surface area contributed by atoms with Crippen LogP contribution in [0.25, 0.3) is 17.3 Å². The number of para-hydroxylation sites is 1. The number of benzene rings is 2. The van der Waals surface area contributed by atoms with Gasteiger partial charge in [0.2, 0.25) is 5.82 Å². The first-order chi connectivity index (χ1) is 13.1. The Morgan fingerprint density at radius 2 is 1.89 bits per heavy atom. The SMILES string of the molecule is Fc1ccccc1-n1c(SCc2ccc(Cl)cc2Cl)nnc1-c1ccco1. The number of hydrogen-bond acceptors (Lipinski definition) is 4. The van der Waals surface area contributed by atoms with Crippen LogP contribution in [0.15, 0.2) is 70.4 Å². The third-order valence-corrected chi connectivity index (χ3v) is 5.40. The van der Waals surface area contributed by atoms with Crippen molar-refractivity contribution in [3.05, 3.63) is 82.3 Å². The highest BCUT2D eigenvalue weighted by molar-refractivity contribution is 7.98. The molecule has 2 aromatic heterocycles. The number of rotatable bonds is 5. The first-order valence-electron chi connectivity index (χ1n) is 7.94. The fourth-order valence-corrected chi connectivity index (χ4v) is 4.06. The van der Waals surface area contributed by atoms with E-state index in [9.17, 15) is 4.39 Å². The van der Waals surface area contributed by atoms with Crippen LogP contribution >= 0.6 is 35.0 Å². The van der Waals surface area contributed by atoms with E-state index in [-0.39, 0.29) is 5.82 Å². The maximum Gasteiger partial charge on any atom is 0.205 e. The maximum atomic E-state index is 14.5. The number of furan rings is 1. The molecule has 0 aliphatic rings. The number of thioether (sulfide) groups is 1. The van der Waals surface area contributed by atoms with Gasteiger partial charge in [-0.1, -0.05) is 53.2 Å². The van der Waals surface area contributed by atoms with E-state index in [0.717, 1.165) is 5.56 Å². The van der Waals surface area contributed by atoms with Crippen molar-refractivity contribution in [2.75, 3.05) is 0 Å². The lowest BCUT2D eigenvalue weighted by Gasteiger charge is -2.10. The van der Waals surface area contributed by atoms with Crippen molar-refractivity contribution < 1.29 is 8.81 Å². The molecule has 4 aromatic rings. The molecule has 4 rings (SSSR count). The van der Waals surface area contributed by atoms with Crippen molar-refractivity contribution in [2.24, 2.45) is 0 Å². The minimum absolute atomic E-state index is 0.346. The van der Waals surface area contributed by atoms with E-state index in [1.54, 1.807) is 47.0 Å². The minimum atomic E-state index is -0.378. The zero-order chi connectivity index (χ0) is 18.8. The van der Waals surface area contributed by atoms with Crippen molar-refractivity contribution in [1.82, 2.24) is 14.8 Å². The Hall–Kier alpha value is -2.28. The van der Waals surface area contributed by atoms with Gasteiger partial charge < -0.3 is 4.42 Å². The molecule has 0 N–H and O–H groups in total. The smallest absolute Gasteiger partial charge is 0.205 e. The molecule has 0 aliphatic heterocycles. The van der Waals surface area contributed by atoms with E-state index in [2.05, 4.69) is 10.2 Å². The lowest BCUT2D eigenvalue weighted by molar-refractivity contribution is 0.572. The summed E-state index contributed by atoms with van der Waals surface area (Å²) in [4.78, 5) is 0. The standard InChI is InChI=1S/C19H12Cl2FN3OS/c20-13-8-7-12(14(21)10-13)11-27-19-24-23-18(17-6-3-9-26-17)25(19)16-5-2-1-4-15(16)22/h1-10H,11H2. The van der Waals surface area contributed by atoms with Gasteiger partial charge in [0.25, 0.3) is 0 Å². The molecule has 0 radical (unpaired) electrons. The van der Waals surface area contributed by atoms with Gasteiger partial charge in [0.1, 0.15) is 5.82 Å². The normalized spacial score (nSPS) is 11.1. The molecule has 27 heavy (non-hydrogen) atoms. The van der Waals surface area contributed by atoms with Crippen LogP contribution in [0.2, 0.25) is 10.0 Å². The van der Waals surface area contributed by atoms with Crippen LogP contribution in [0.5, 0.6) is 0 Å². The number of nitrogens with zero attached hydrogens (tertiary/aromatic N) is 3. The van der Waals surface area contributed by atoms with Crippen molar-refractivity contribution in [3.63, 3.8) is 0 Å². The second kappa shape index (κ2) is 7.76. The molecule has 0 aliphatic carbocycles. The average Bonchev–Trinajstić information content (AvgIpc) is 3.31. The fraction of sp³-hybridized carbons (Fsp3) is 0.0526. The van der Waals surface area contributed by atoms with Crippen LogP contribution in [0, 0.1) is 5.82 Å². The van der Waals surface area contributed by atoms with Crippen LogP contribution in [0.3, 0.4) is 0 Å². The summed E-state index contributed by atoms with van der Waals surface area (Å²) in [6.45, 7) is 0. The van der Waals surface area contributed by atoms with Crippen LogP contribution in [0.4, 0.5) is 4.39 Å². The third-order valence-electron chi connectivity index (χ3n) is 3.84. The van der Waals surface area contributed by atoms with Gasteiger partial charge in [-0.15, -0.1) is 10.2 Å². The summed E-state index contributed by atoms with van der Waals surface area (Å²) in [7, 11) is 0. The second-order valence-electron chi connectivity index (χ2n) is 5.59. The predicted molar refractivity (Wildman–Crippen MR) is 105 cm³/mol. The Balaban J connectivity index is 1.74. The molecule has 0 bridgehead atoms. The summed E-state index contributed by atoms with van der Waals surface area (Å²) in [6, 6.07) is 15.3. The summed E-state index contributed by atoms with van der Waals surface area (Å²) in [5, 5.41) is 10.1. The summed E-state index contributed by atoms with van der Waals surface area (Å²) in [5.74, 6) is 1.08. The van der Waals surface area contributed by atoms with Crippen LogP contribution in [-0.4, -0.2) is 14.8 Å². The average molecular weight is 420 g/mol. The van der Waals surface area contributed by atoms with Crippen molar-refractivity contribution in [1.29, 1.82) is 0 Å². The van der Waals surface area contributed by atoms with Gasteiger partial charge in [-0.25, -0.2) is 4.39 Å². The zero-order valence-electron chi connectivity index (χ0n) is 13.8. The summed E-state index contributed by atoms with van der Waals surface area (Å²) in [6.07, 6.45) is 1.54. The van der Waals surface area contributed by atoms with Gasteiger partial charge >= 0.3 is 0 Å². The molecule has 0 spiro atoms. The topological polar surface area (TPSA) is 43.9 Å². The van der Waals surface area contributed by atoms with E-state index in [1.807, 2.05) is 6.07 Å². The second-order valence-corrected chi connectivity index (χ2v) is 7.38. The van der Waals surface area contributed by atoms with Crippen LogP contribution in [-0.2, 0) is 5.75 Å². The Labute approximate surface area is 168 Å². The molecule has 4 nitrogen and oxygen atoms in total. The third kappa shape index (κ3) is 3.74. The highest BCUT2D eigenvalue weighted by Crippen LogP contribution is 2.32. The minimum Gasteiger partial charge on any atom is -0.461 e. The Bertz CT molecular complexity index is 1080. The van der Waals surface area contributed by atoms with Crippen LogP contribution in [0.1, 0.15) is 5.56 Å². The maximum absolute atomic E-state index is 14.5. The lowest BCUT2D eigenvalue weighted by atomic mass is 10.2. The zero-order valence-corrected chi connectivity index (χ0v) is 16.1. The van der Waals surface area contributed by atoms with E-state index < -0.39 is 0 Å². The van der Waals surface area contributed by atoms with E-state index >= 15 is 0 Å². The van der Waals surface area contributed by atoms with E-state index in [1.165, 1.54) is 24.1 Å². The lowest BCUT2D eigenvalue weighted by Crippen LogP contribution is -2.02. The van der Waals surface area contributed by atoms with Gasteiger partial charge in [-0.2, -0.15) is 0 Å². The Kier molecular flexibility index (Phi) is 5.20. The molecular formula is C19H12Cl2FN3OS. The quantitative estimate of drug-likeness (QED) is 0.357. The van der Waals surface area contributed by atoms with E-state index in [4.69, 9.17) is 27.6 Å². The fourth-order valence-electron chi connectivity index (χ4n) is 2.56. The summed E-state index contributed by atoms with van der Waals surface area (Å²) >= 11 is 13.6. The molecule has 0 saturated heterocycles. The molecule has 0 unspecified atom stereocenters. The molecule has 0 amide bonds. The number of halogens is 3. The van der Waals surface area contributed by atoms with Gasteiger partial charge in [0.05, 0.1) is 12.0 Å². The first kappa shape index (κ1) is 18.1. The van der Waals surface area contributed by atoms with Gasteiger partial charge in [-0.3, -0.25) is 4.57 Å². The molecule has 0 atom stereocenters. The highest BCUT2D eigenvalue weighted by atomic mass is 35.5. The molecule has 2 aromatic carbocycles. The molecule has 0 fully saturated rings. The largest absolute Gasteiger partial charge is 0.461 e. The van der Waals surface area contributed by atoms with Gasteiger partial charge in [-0.05, 0) is 42.0 Å². The first-order valence-corrected chi connectivity index (χ1v) is 9.68. The number of hydrogen-bond donors (Lipinski definition) is 0. The number of aromatic nitrogens is 3. The Morgan fingerprint density at radius 3 is 2.63 bits per heavy atom. The van der Waals surface area contributed by atoms with Gasteiger partial charge in [0.15, 0.2) is 10.9 Å². The van der Waals surface area contributed by atoms with Crippen LogP contribution < -0.4 is 0 Å². The molecule has 2 heterocycles. The molecule has 0 saturated carbocycles. The highest BCUT2D eigenvalue weighted by Gasteiger charge is 2.20. The Morgan fingerprint density at radius 1 is 1.04 bits per heavy atom. The van der Waals surface area contributed by atoms with Gasteiger partial charge in [0, 0.05) is 15.8 Å².